The van der Waals surface area contributed by atoms with Crippen LogP contribution >= 0.6 is 0 Å². The molecule has 0 radical (unpaired) electrons. The van der Waals surface area contributed by atoms with E-state index in [1.807, 2.05) is 0 Å². The number of nitro benzene ring substituents is 1. The van der Waals surface area contributed by atoms with Crippen molar-refractivity contribution in [1.82, 2.24) is 5.32 Å². The number of amides is 2. The van der Waals surface area contributed by atoms with Crippen LogP contribution in [0.15, 0.2) is 48.5 Å². The molecule has 0 spiro atoms. The zero-order valence-electron chi connectivity index (χ0n) is 13.5. The number of methoxy groups -OCH3 is 1. The molecule has 0 aliphatic rings. The van der Waals surface area contributed by atoms with Crippen LogP contribution in [0.2, 0.25) is 0 Å². The normalized spacial score (nSPS) is 10.1. The summed E-state index contributed by atoms with van der Waals surface area (Å²) in [5, 5.41) is 16.1. The van der Waals surface area contributed by atoms with E-state index in [4.69, 9.17) is 4.74 Å². The van der Waals surface area contributed by atoms with E-state index in [9.17, 15) is 19.7 Å². The summed E-state index contributed by atoms with van der Waals surface area (Å²) in [6.45, 7) is 0.823. The van der Waals surface area contributed by atoms with Crippen LogP contribution in [0.25, 0.3) is 0 Å². The molecule has 0 heterocycles. The van der Waals surface area contributed by atoms with Crippen LogP contribution in [-0.2, 0) is 4.74 Å². The Morgan fingerprint density at radius 3 is 2.44 bits per heavy atom. The lowest BCUT2D eigenvalue weighted by molar-refractivity contribution is -0.384. The van der Waals surface area contributed by atoms with E-state index in [1.54, 1.807) is 31.4 Å². The molecule has 0 aromatic heterocycles. The van der Waals surface area contributed by atoms with E-state index in [1.165, 1.54) is 24.3 Å². The molecular formula is C17H17N3O5. The van der Waals surface area contributed by atoms with Gasteiger partial charge in [-0.3, -0.25) is 19.7 Å². The molecule has 0 fully saturated rings. The molecule has 0 aliphatic carbocycles. The number of hydrogen-bond acceptors (Lipinski definition) is 5. The van der Waals surface area contributed by atoms with Gasteiger partial charge in [-0.1, -0.05) is 6.07 Å². The molecule has 0 aliphatic heterocycles. The number of carbonyl (C=O) groups is 2. The molecule has 0 atom stereocenters. The maximum Gasteiger partial charge on any atom is 0.270 e. The van der Waals surface area contributed by atoms with Crippen molar-refractivity contribution in [3.05, 3.63) is 69.8 Å². The SMILES string of the molecule is COCCNC(=O)c1ccc(NC(=O)c2cccc([N+](=O)[O-])c2)cc1. The van der Waals surface area contributed by atoms with Crippen molar-refractivity contribution in [3.63, 3.8) is 0 Å². The van der Waals surface area contributed by atoms with Gasteiger partial charge < -0.3 is 15.4 Å². The fourth-order valence-electron chi connectivity index (χ4n) is 2.04. The first-order valence-corrected chi connectivity index (χ1v) is 7.44. The summed E-state index contributed by atoms with van der Waals surface area (Å²) in [5.74, 6) is -0.713. The Balaban J connectivity index is 2.01. The summed E-state index contributed by atoms with van der Waals surface area (Å²) in [7, 11) is 1.55. The zero-order valence-corrected chi connectivity index (χ0v) is 13.5. The second-order valence-corrected chi connectivity index (χ2v) is 5.09. The number of benzene rings is 2. The van der Waals surface area contributed by atoms with Gasteiger partial charge in [-0.05, 0) is 30.3 Å². The fraction of sp³-hybridized carbons (Fsp3) is 0.176. The van der Waals surface area contributed by atoms with Crippen molar-refractivity contribution in [2.45, 2.75) is 0 Å². The Kier molecular flexibility index (Phi) is 6.19. The second-order valence-electron chi connectivity index (χ2n) is 5.09. The highest BCUT2D eigenvalue weighted by atomic mass is 16.6. The summed E-state index contributed by atoms with van der Waals surface area (Å²) in [5.41, 5.74) is 0.945. The van der Waals surface area contributed by atoms with Crippen molar-refractivity contribution in [3.8, 4) is 0 Å². The third-order valence-electron chi connectivity index (χ3n) is 3.32. The van der Waals surface area contributed by atoms with Crippen LogP contribution in [0, 0.1) is 10.1 Å². The quantitative estimate of drug-likeness (QED) is 0.455. The second kappa shape index (κ2) is 8.55. The summed E-state index contributed by atoms with van der Waals surface area (Å²) in [6.07, 6.45) is 0. The molecular weight excluding hydrogens is 326 g/mol. The van der Waals surface area contributed by atoms with Gasteiger partial charge in [0.2, 0.25) is 0 Å². The highest BCUT2D eigenvalue weighted by Gasteiger charge is 2.12. The number of non-ortho nitro benzene ring substituents is 1. The summed E-state index contributed by atoms with van der Waals surface area (Å²) >= 11 is 0. The molecule has 2 N–H and O–H groups in total. The molecule has 8 nitrogen and oxygen atoms in total. The average molecular weight is 343 g/mol. The van der Waals surface area contributed by atoms with Gasteiger partial charge in [0.25, 0.3) is 17.5 Å². The lowest BCUT2D eigenvalue weighted by Gasteiger charge is -2.07. The van der Waals surface area contributed by atoms with Crippen LogP contribution < -0.4 is 10.6 Å². The van der Waals surface area contributed by atoms with Gasteiger partial charge in [0, 0.05) is 42.6 Å². The van der Waals surface area contributed by atoms with Gasteiger partial charge in [0.15, 0.2) is 0 Å². The number of hydrogen-bond donors (Lipinski definition) is 2. The van der Waals surface area contributed by atoms with Gasteiger partial charge in [-0.2, -0.15) is 0 Å². The van der Waals surface area contributed by atoms with Crippen LogP contribution in [0.4, 0.5) is 11.4 Å². The lowest BCUT2D eigenvalue weighted by Crippen LogP contribution is -2.26. The molecule has 25 heavy (non-hydrogen) atoms. The van der Waals surface area contributed by atoms with E-state index in [0.717, 1.165) is 0 Å². The molecule has 0 saturated carbocycles. The van der Waals surface area contributed by atoms with Crippen LogP contribution in [0.1, 0.15) is 20.7 Å². The van der Waals surface area contributed by atoms with Crippen LogP contribution in [-0.4, -0.2) is 37.0 Å². The van der Waals surface area contributed by atoms with Crippen molar-refractivity contribution in [1.29, 1.82) is 0 Å². The fourth-order valence-corrected chi connectivity index (χ4v) is 2.04. The molecule has 2 aromatic rings. The first kappa shape index (κ1) is 18.1. The number of anilines is 1. The average Bonchev–Trinajstić information content (AvgIpc) is 2.62. The number of rotatable bonds is 7. The van der Waals surface area contributed by atoms with Crippen LogP contribution in [0.3, 0.4) is 0 Å². The highest BCUT2D eigenvalue weighted by molar-refractivity contribution is 6.05. The predicted octanol–water partition coefficient (Wildman–Crippen LogP) is 2.22. The molecule has 0 saturated heterocycles. The molecule has 2 amide bonds. The predicted molar refractivity (Wildman–Crippen MR) is 91.7 cm³/mol. The smallest absolute Gasteiger partial charge is 0.270 e. The molecule has 130 valence electrons. The lowest BCUT2D eigenvalue weighted by atomic mass is 10.1. The topological polar surface area (TPSA) is 111 Å². The molecule has 8 heteroatoms. The highest BCUT2D eigenvalue weighted by Crippen LogP contribution is 2.15. The summed E-state index contributed by atoms with van der Waals surface area (Å²) < 4.78 is 4.85. The first-order chi connectivity index (χ1) is 12.0. The number of ether oxygens (including phenoxy) is 1. The molecule has 2 rings (SSSR count). The molecule has 0 unspecified atom stereocenters. The minimum absolute atomic E-state index is 0.157. The monoisotopic (exact) mass is 343 g/mol. The van der Waals surface area contributed by atoms with Crippen molar-refractivity contribution >= 4 is 23.2 Å². The Hall–Kier alpha value is -3.26. The maximum absolute atomic E-state index is 12.2. The number of carbonyl (C=O) groups excluding carboxylic acids is 2. The third kappa shape index (κ3) is 5.11. The van der Waals surface area contributed by atoms with Crippen LogP contribution in [0.5, 0.6) is 0 Å². The van der Waals surface area contributed by atoms with Crippen molar-refractivity contribution in [2.24, 2.45) is 0 Å². The maximum atomic E-state index is 12.2. The van der Waals surface area contributed by atoms with E-state index >= 15 is 0 Å². The number of nitrogens with zero attached hydrogens (tertiary/aromatic N) is 1. The van der Waals surface area contributed by atoms with Gasteiger partial charge in [-0.15, -0.1) is 0 Å². The largest absolute Gasteiger partial charge is 0.383 e. The van der Waals surface area contributed by atoms with Gasteiger partial charge in [0.1, 0.15) is 0 Å². The van der Waals surface area contributed by atoms with E-state index in [0.29, 0.717) is 24.4 Å². The summed E-state index contributed by atoms with van der Waals surface area (Å²) in [4.78, 5) is 34.2. The Morgan fingerprint density at radius 1 is 1.08 bits per heavy atom. The Labute approximate surface area is 144 Å². The summed E-state index contributed by atoms with van der Waals surface area (Å²) in [6, 6.07) is 11.8. The van der Waals surface area contributed by atoms with Gasteiger partial charge in [-0.25, -0.2) is 0 Å². The van der Waals surface area contributed by atoms with E-state index in [2.05, 4.69) is 10.6 Å². The first-order valence-electron chi connectivity index (χ1n) is 7.44. The Morgan fingerprint density at radius 2 is 1.80 bits per heavy atom. The number of nitro groups is 1. The van der Waals surface area contributed by atoms with Crippen molar-refractivity contribution < 1.29 is 19.2 Å². The third-order valence-corrected chi connectivity index (χ3v) is 3.32. The van der Waals surface area contributed by atoms with E-state index < -0.39 is 10.8 Å². The van der Waals surface area contributed by atoms with Crippen molar-refractivity contribution in [2.75, 3.05) is 25.6 Å². The van der Waals surface area contributed by atoms with Gasteiger partial charge in [0.05, 0.1) is 11.5 Å². The standard InChI is InChI=1S/C17H17N3O5/c1-25-10-9-18-16(21)12-5-7-14(8-6-12)19-17(22)13-3-2-4-15(11-13)20(23)24/h2-8,11H,9-10H2,1H3,(H,18,21)(H,19,22). The number of nitrogens with one attached hydrogen (secondary N) is 2. The Bertz CT molecular complexity index is 774. The molecule has 2 aromatic carbocycles. The molecule has 0 bridgehead atoms. The van der Waals surface area contributed by atoms with E-state index in [-0.39, 0.29) is 17.2 Å². The zero-order chi connectivity index (χ0) is 18.2. The van der Waals surface area contributed by atoms with Gasteiger partial charge >= 0.3 is 0 Å². The minimum atomic E-state index is -0.562. The minimum Gasteiger partial charge on any atom is -0.383 e.